The van der Waals surface area contributed by atoms with Gasteiger partial charge in [-0.05, 0) is 24.6 Å². The van der Waals surface area contributed by atoms with E-state index in [2.05, 4.69) is 15.4 Å². The molecule has 1 aromatic rings. The monoisotopic (exact) mass is 315 g/mol. The Morgan fingerprint density at radius 3 is 2.48 bits per heavy atom. The molecule has 21 heavy (non-hydrogen) atoms. The highest BCUT2D eigenvalue weighted by atomic mass is 32.2. The molecule has 0 aromatic heterocycles. The minimum Gasteiger partial charge on any atom is -0.478 e. The lowest BCUT2D eigenvalue weighted by molar-refractivity contribution is 0.0697. The number of aromatic carboxylic acids is 1. The van der Waals surface area contributed by atoms with Gasteiger partial charge in [0.2, 0.25) is 10.0 Å². The smallest absolute Gasteiger partial charge is 0.335 e. The van der Waals surface area contributed by atoms with E-state index in [1.165, 1.54) is 12.1 Å². The van der Waals surface area contributed by atoms with Crippen LogP contribution in [0.2, 0.25) is 0 Å². The van der Waals surface area contributed by atoms with Crippen LogP contribution in [0.1, 0.15) is 15.9 Å². The van der Waals surface area contributed by atoms with Crippen molar-refractivity contribution in [3.05, 3.63) is 29.3 Å². The minimum atomic E-state index is -3.29. The predicted molar refractivity (Wildman–Crippen MR) is 78.0 cm³/mol. The van der Waals surface area contributed by atoms with Crippen LogP contribution in [-0.4, -0.2) is 44.9 Å². The Morgan fingerprint density at radius 1 is 1.24 bits per heavy atom. The number of nitrogens with one attached hydrogen (secondary N) is 3. The molecule has 0 bridgehead atoms. The van der Waals surface area contributed by atoms with Crippen molar-refractivity contribution in [2.24, 2.45) is 0 Å². The van der Waals surface area contributed by atoms with Crippen molar-refractivity contribution in [1.82, 2.24) is 10.0 Å². The van der Waals surface area contributed by atoms with Crippen molar-refractivity contribution in [3.63, 3.8) is 0 Å². The van der Waals surface area contributed by atoms with Crippen LogP contribution in [0, 0.1) is 6.92 Å². The van der Waals surface area contributed by atoms with Gasteiger partial charge in [0.15, 0.2) is 0 Å². The van der Waals surface area contributed by atoms with Crippen LogP contribution in [0.15, 0.2) is 18.2 Å². The molecule has 2 amide bonds. The summed E-state index contributed by atoms with van der Waals surface area (Å²) in [6.45, 7) is 1.91. The molecular weight excluding hydrogens is 298 g/mol. The first-order valence-electron chi connectivity index (χ1n) is 6.02. The molecule has 0 aliphatic rings. The molecule has 0 atom stereocenters. The lowest BCUT2D eigenvalue weighted by atomic mass is 10.1. The van der Waals surface area contributed by atoms with Crippen LogP contribution in [0.5, 0.6) is 0 Å². The van der Waals surface area contributed by atoms with Gasteiger partial charge in [0.25, 0.3) is 0 Å². The van der Waals surface area contributed by atoms with Crippen LogP contribution >= 0.6 is 0 Å². The fourth-order valence-corrected chi connectivity index (χ4v) is 1.94. The van der Waals surface area contributed by atoms with Gasteiger partial charge in [-0.2, -0.15) is 0 Å². The molecule has 0 unspecified atom stereocenters. The third kappa shape index (κ3) is 6.23. The quantitative estimate of drug-likeness (QED) is 0.564. The molecular formula is C12H17N3O5S. The number of carbonyl (C=O) groups is 2. The molecule has 0 aliphatic carbocycles. The summed E-state index contributed by atoms with van der Waals surface area (Å²) in [5.41, 5.74) is 1.16. The van der Waals surface area contributed by atoms with Crippen molar-refractivity contribution in [2.45, 2.75) is 6.92 Å². The standard InChI is InChI=1S/C12H17N3O5S/c1-8-3-4-9(11(16)17)7-10(8)15-12(18)13-5-6-14-21(2,19)20/h3-4,7,14H,5-6H2,1-2H3,(H,16,17)(H2,13,15,18). The van der Waals surface area contributed by atoms with Gasteiger partial charge in [0, 0.05) is 18.8 Å². The Balaban J connectivity index is 2.55. The lowest BCUT2D eigenvalue weighted by Crippen LogP contribution is -2.36. The number of anilines is 1. The van der Waals surface area contributed by atoms with Crippen molar-refractivity contribution in [3.8, 4) is 0 Å². The number of urea groups is 1. The largest absolute Gasteiger partial charge is 0.478 e. The number of hydrogen-bond donors (Lipinski definition) is 4. The highest BCUT2D eigenvalue weighted by Crippen LogP contribution is 2.16. The Labute approximate surface area is 122 Å². The van der Waals surface area contributed by atoms with Gasteiger partial charge in [0.05, 0.1) is 11.8 Å². The molecule has 0 saturated carbocycles. The predicted octanol–water partition coefficient (Wildman–Crippen LogP) is 0.364. The van der Waals surface area contributed by atoms with E-state index in [1.807, 2.05) is 0 Å². The fourth-order valence-electron chi connectivity index (χ4n) is 1.47. The summed E-state index contributed by atoms with van der Waals surface area (Å²) in [7, 11) is -3.29. The van der Waals surface area contributed by atoms with E-state index in [0.717, 1.165) is 6.26 Å². The first-order chi connectivity index (χ1) is 9.69. The number of carbonyl (C=O) groups excluding carboxylic acids is 1. The number of rotatable bonds is 6. The molecule has 8 nitrogen and oxygen atoms in total. The molecule has 0 saturated heterocycles. The zero-order chi connectivity index (χ0) is 16.0. The molecule has 0 spiro atoms. The summed E-state index contributed by atoms with van der Waals surface area (Å²) in [4.78, 5) is 22.5. The average molecular weight is 315 g/mol. The second-order valence-electron chi connectivity index (χ2n) is 4.38. The zero-order valence-electron chi connectivity index (χ0n) is 11.6. The van der Waals surface area contributed by atoms with E-state index >= 15 is 0 Å². The number of sulfonamides is 1. The SMILES string of the molecule is Cc1ccc(C(=O)O)cc1NC(=O)NCCNS(C)(=O)=O. The Bertz CT molecular complexity index is 642. The highest BCUT2D eigenvalue weighted by molar-refractivity contribution is 7.88. The van der Waals surface area contributed by atoms with Gasteiger partial charge in [-0.15, -0.1) is 0 Å². The van der Waals surface area contributed by atoms with E-state index < -0.39 is 22.0 Å². The van der Waals surface area contributed by atoms with Crippen LogP contribution in [-0.2, 0) is 10.0 Å². The summed E-state index contributed by atoms with van der Waals surface area (Å²) in [5.74, 6) is -1.09. The van der Waals surface area contributed by atoms with Crippen molar-refractivity contribution in [1.29, 1.82) is 0 Å². The lowest BCUT2D eigenvalue weighted by Gasteiger charge is -2.10. The number of hydrogen-bond acceptors (Lipinski definition) is 4. The summed E-state index contributed by atoms with van der Waals surface area (Å²) < 4.78 is 23.9. The van der Waals surface area contributed by atoms with Gasteiger partial charge in [-0.1, -0.05) is 6.07 Å². The summed E-state index contributed by atoms with van der Waals surface area (Å²) in [6.07, 6.45) is 1.02. The maximum atomic E-state index is 11.6. The van der Waals surface area contributed by atoms with Crippen molar-refractivity contribution >= 4 is 27.7 Å². The van der Waals surface area contributed by atoms with E-state index in [9.17, 15) is 18.0 Å². The molecule has 1 rings (SSSR count). The second-order valence-corrected chi connectivity index (χ2v) is 6.22. The summed E-state index contributed by atoms with van der Waals surface area (Å²) >= 11 is 0. The van der Waals surface area contributed by atoms with Gasteiger partial charge >= 0.3 is 12.0 Å². The van der Waals surface area contributed by atoms with E-state index in [0.29, 0.717) is 11.3 Å². The Hall–Kier alpha value is -2.13. The van der Waals surface area contributed by atoms with E-state index in [1.54, 1.807) is 13.0 Å². The topological polar surface area (TPSA) is 125 Å². The molecule has 4 N–H and O–H groups in total. The van der Waals surface area contributed by atoms with Crippen LogP contribution < -0.4 is 15.4 Å². The number of carboxylic acids is 1. The maximum absolute atomic E-state index is 11.6. The summed E-state index contributed by atoms with van der Waals surface area (Å²) in [5, 5.41) is 13.9. The molecule has 0 fully saturated rings. The number of aryl methyl sites for hydroxylation is 1. The number of carboxylic acid groups (broad SMARTS) is 1. The van der Waals surface area contributed by atoms with Gasteiger partial charge < -0.3 is 15.7 Å². The first-order valence-corrected chi connectivity index (χ1v) is 7.91. The molecule has 9 heteroatoms. The number of amides is 2. The maximum Gasteiger partial charge on any atom is 0.335 e. The van der Waals surface area contributed by atoms with E-state index in [4.69, 9.17) is 5.11 Å². The average Bonchev–Trinajstić information content (AvgIpc) is 2.36. The normalized spacial score (nSPS) is 11.0. The van der Waals surface area contributed by atoms with E-state index in [-0.39, 0.29) is 18.7 Å². The molecule has 0 heterocycles. The van der Waals surface area contributed by atoms with Crippen LogP contribution in [0.4, 0.5) is 10.5 Å². The van der Waals surface area contributed by atoms with Crippen LogP contribution in [0.3, 0.4) is 0 Å². The third-order valence-electron chi connectivity index (χ3n) is 2.51. The van der Waals surface area contributed by atoms with Crippen LogP contribution in [0.25, 0.3) is 0 Å². The zero-order valence-corrected chi connectivity index (χ0v) is 12.5. The molecule has 0 aliphatic heterocycles. The molecule has 0 radical (unpaired) electrons. The first kappa shape index (κ1) is 16.9. The molecule has 116 valence electrons. The third-order valence-corrected chi connectivity index (χ3v) is 3.24. The number of benzene rings is 1. The molecule has 1 aromatic carbocycles. The summed E-state index contributed by atoms with van der Waals surface area (Å²) in [6, 6.07) is 3.84. The van der Waals surface area contributed by atoms with Gasteiger partial charge in [0.1, 0.15) is 0 Å². The van der Waals surface area contributed by atoms with Crippen molar-refractivity contribution < 1.29 is 23.1 Å². The minimum absolute atomic E-state index is 0.0645. The second kappa shape index (κ2) is 7.04. The van der Waals surface area contributed by atoms with Gasteiger partial charge in [-0.25, -0.2) is 22.7 Å². The fraction of sp³-hybridized carbons (Fsp3) is 0.333. The Kier molecular flexibility index (Phi) is 5.68. The Morgan fingerprint density at radius 2 is 1.90 bits per heavy atom. The van der Waals surface area contributed by atoms with Gasteiger partial charge in [-0.3, -0.25) is 0 Å². The highest BCUT2D eigenvalue weighted by Gasteiger charge is 2.09. The van der Waals surface area contributed by atoms with Crippen molar-refractivity contribution in [2.75, 3.05) is 24.7 Å².